The third kappa shape index (κ3) is 3.97. The molecule has 2 N–H and O–H groups in total. The van der Waals surface area contributed by atoms with Crippen LogP contribution in [0.5, 0.6) is 5.75 Å². The molecular weight excluding hydrogens is 252 g/mol. The van der Waals surface area contributed by atoms with E-state index in [9.17, 15) is 4.79 Å². The standard InChI is InChI=1S/C16H24N2O2/c1-12-15(7-4-9-17-12)16(19)18-10-8-13-5-3-6-14(11-13)20-2/h3,5-6,11-12,15,17H,4,7-10H2,1-2H3,(H,18,19). The van der Waals surface area contributed by atoms with Crippen molar-refractivity contribution < 1.29 is 9.53 Å². The fourth-order valence-corrected chi connectivity index (χ4v) is 2.69. The van der Waals surface area contributed by atoms with E-state index in [-0.39, 0.29) is 17.9 Å². The molecule has 110 valence electrons. The Hall–Kier alpha value is -1.55. The summed E-state index contributed by atoms with van der Waals surface area (Å²) in [6.45, 7) is 3.79. The Kier molecular flexibility index (Phi) is 5.41. The van der Waals surface area contributed by atoms with Gasteiger partial charge in [0.1, 0.15) is 5.75 Å². The molecule has 20 heavy (non-hydrogen) atoms. The monoisotopic (exact) mass is 276 g/mol. The van der Waals surface area contributed by atoms with Gasteiger partial charge in [-0.15, -0.1) is 0 Å². The van der Waals surface area contributed by atoms with Crippen LogP contribution in [-0.4, -0.2) is 32.1 Å². The van der Waals surface area contributed by atoms with E-state index >= 15 is 0 Å². The number of rotatable bonds is 5. The van der Waals surface area contributed by atoms with Crippen LogP contribution in [0.25, 0.3) is 0 Å². The summed E-state index contributed by atoms with van der Waals surface area (Å²) in [6, 6.07) is 8.25. The minimum absolute atomic E-state index is 0.106. The summed E-state index contributed by atoms with van der Waals surface area (Å²) in [5.74, 6) is 1.14. The van der Waals surface area contributed by atoms with Crippen molar-refractivity contribution in [3.05, 3.63) is 29.8 Å². The number of carbonyl (C=O) groups excluding carboxylic acids is 1. The SMILES string of the molecule is COc1cccc(CCNC(=O)C2CCCNC2C)c1. The number of methoxy groups -OCH3 is 1. The third-order valence-corrected chi connectivity index (χ3v) is 3.95. The van der Waals surface area contributed by atoms with E-state index < -0.39 is 0 Å². The predicted molar refractivity (Wildman–Crippen MR) is 79.9 cm³/mol. The van der Waals surface area contributed by atoms with Crippen LogP contribution >= 0.6 is 0 Å². The number of hydrogen-bond acceptors (Lipinski definition) is 3. The van der Waals surface area contributed by atoms with E-state index in [1.807, 2.05) is 18.2 Å². The lowest BCUT2D eigenvalue weighted by atomic mass is 9.91. The molecule has 1 aliphatic heterocycles. The first-order valence-electron chi connectivity index (χ1n) is 7.34. The Morgan fingerprint density at radius 3 is 3.10 bits per heavy atom. The lowest BCUT2D eigenvalue weighted by Gasteiger charge is -2.28. The Labute approximate surface area is 120 Å². The molecule has 4 nitrogen and oxygen atoms in total. The second-order valence-corrected chi connectivity index (χ2v) is 5.38. The topological polar surface area (TPSA) is 50.4 Å². The molecular formula is C16H24N2O2. The predicted octanol–water partition coefficient (Wildman–Crippen LogP) is 1.74. The molecule has 2 unspecified atom stereocenters. The molecule has 0 spiro atoms. The van der Waals surface area contributed by atoms with Gasteiger partial charge >= 0.3 is 0 Å². The zero-order valence-electron chi connectivity index (χ0n) is 12.3. The lowest BCUT2D eigenvalue weighted by Crippen LogP contribution is -2.47. The number of benzene rings is 1. The fraction of sp³-hybridized carbons (Fsp3) is 0.562. The molecule has 0 aromatic heterocycles. The summed E-state index contributed by atoms with van der Waals surface area (Å²) in [7, 11) is 1.67. The minimum atomic E-state index is 0.106. The van der Waals surface area contributed by atoms with Gasteiger partial charge in [0.25, 0.3) is 0 Å². The molecule has 1 aromatic carbocycles. The second kappa shape index (κ2) is 7.29. The highest BCUT2D eigenvalue weighted by Crippen LogP contribution is 2.16. The van der Waals surface area contributed by atoms with Crippen LogP contribution in [0.1, 0.15) is 25.3 Å². The highest BCUT2D eigenvalue weighted by atomic mass is 16.5. The summed E-state index contributed by atoms with van der Waals surface area (Å²) in [4.78, 5) is 12.1. The first kappa shape index (κ1) is 14.9. The van der Waals surface area contributed by atoms with E-state index in [2.05, 4.69) is 23.6 Å². The van der Waals surface area contributed by atoms with Crippen molar-refractivity contribution in [2.45, 2.75) is 32.2 Å². The molecule has 2 atom stereocenters. The number of amides is 1. The number of nitrogens with one attached hydrogen (secondary N) is 2. The normalized spacial score (nSPS) is 22.3. The zero-order valence-corrected chi connectivity index (χ0v) is 12.3. The van der Waals surface area contributed by atoms with E-state index in [4.69, 9.17) is 4.74 Å². The summed E-state index contributed by atoms with van der Waals surface area (Å²) in [5.41, 5.74) is 1.18. The van der Waals surface area contributed by atoms with Crippen LogP contribution in [0.4, 0.5) is 0 Å². The minimum Gasteiger partial charge on any atom is -0.497 e. The maximum absolute atomic E-state index is 12.1. The molecule has 1 aliphatic rings. The van der Waals surface area contributed by atoms with Crippen LogP contribution in [0.15, 0.2) is 24.3 Å². The molecule has 1 amide bonds. The van der Waals surface area contributed by atoms with E-state index in [0.717, 1.165) is 31.6 Å². The maximum Gasteiger partial charge on any atom is 0.224 e. The number of hydrogen-bond donors (Lipinski definition) is 2. The van der Waals surface area contributed by atoms with Gasteiger partial charge in [-0.25, -0.2) is 0 Å². The van der Waals surface area contributed by atoms with Gasteiger partial charge in [-0.2, -0.15) is 0 Å². The van der Waals surface area contributed by atoms with Gasteiger partial charge in [-0.1, -0.05) is 12.1 Å². The number of piperidine rings is 1. The second-order valence-electron chi connectivity index (χ2n) is 5.38. The molecule has 0 bridgehead atoms. The maximum atomic E-state index is 12.1. The van der Waals surface area contributed by atoms with Crippen LogP contribution in [0, 0.1) is 5.92 Å². The van der Waals surface area contributed by atoms with E-state index in [0.29, 0.717) is 6.54 Å². The molecule has 1 saturated heterocycles. The van der Waals surface area contributed by atoms with Gasteiger partial charge in [-0.3, -0.25) is 4.79 Å². The largest absolute Gasteiger partial charge is 0.497 e. The van der Waals surface area contributed by atoms with Gasteiger partial charge in [0, 0.05) is 12.6 Å². The molecule has 2 rings (SSSR count). The van der Waals surface area contributed by atoms with Crippen molar-refractivity contribution >= 4 is 5.91 Å². The Morgan fingerprint density at radius 1 is 1.50 bits per heavy atom. The molecule has 1 aromatic rings. The number of carbonyl (C=O) groups is 1. The van der Waals surface area contributed by atoms with Crippen LogP contribution in [0.3, 0.4) is 0 Å². The van der Waals surface area contributed by atoms with Crippen molar-refractivity contribution in [2.75, 3.05) is 20.2 Å². The summed E-state index contributed by atoms with van der Waals surface area (Å²) in [5, 5.41) is 6.41. The first-order valence-corrected chi connectivity index (χ1v) is 7.34. The summed E-state index contributed by atoms with van der Waals surface area (Å²) in [6.07, 6.45) is 2.90. The molecule has 1 fully saturated rings. The fourth-order valence-electron chi connectivity index (χ4n) is 2.69. The molecule has 0 saturated carbocycles. The average Bonchev–Trinajstić information content (AvgIpc) is 2.48. The smallest absolute Gasteiger partial charge is 0.224 e. The van der Waals surface area contributed by atoms with Crippen molar-refractivity contribution in [1.29, 1.82) is 0 Å². The van der Waals surface area contributed by atoms with Crippen LogP contribution in [0.2, 0.25) is 0 Å². The van der Waals surface area contributed by atoms with E-state index in [1.54, 1.807) is 7.11 Å². The Bertz CT molecular complexity index is 448. The number of ether oxygens (including phenoxy) is 1. The van der Waals surface area contributed by atoms with Gasteiger partial charge in [-0.05, 0) is 50.4 Å². The first-order chi connectivity index (χ1) is 9.70. The van der Waals surface area contributed by atoms with Crippen LogP contribution < -0.4 is 15.4 Å². The van der Waals surface area contributed by atoms with Crippen molar-refractivity contribution in [3.63, 3.8) is 0 Å². The summed E-state index contributed by atoms with van der Waals surface area (Å²) < 4.78 is 5.20. The van der Waals surface area contributed by atoms with Gasteiger partial charge in [0.2, 0.25) is 5.91 Å². The van der Waals surface area contributed by atoms with Crippen molar-refractivity contribution in [3.8, 4) is 5.75 Å². The van der Waals surface area contributed by atoms with E-state index in [1.165, 1.54) is 5.56 Å². The summed E-state index contributed by atoms with van der Waals surface area (Å²) >= 11 is 0. The molecule has 4 heteroatoms. The molecule has 0 aliphatic carbocycles. The molecule has 1 heterocycles. The van der Waals surface area contributed by atoms with Crippen molar-refractivity contribution in [2.24, 2.45) is 5.92 Å². The zero-order chi connectivity index (χ0) is 14.4. The van der Waals surface area contributed by atoms with Gasteiger partial charge in [0.05, 0.1) is 13.0 Å². The van der Waals surface area contributed by atoms with Gasteiger partial charge in [0.15, 0.2) is 0 Å². The van der Waals surface area contributed by atoms with Gasteiger partial charge < -0.3 is 15.4 Å². The third-order valence-electron chi connectivity index (χ3n) is 3.95. The van der Waals surface area contributed by atoms with Crippen molar-refractivity contribution in [1.82, 2.24) is 10.6 Å². The lowest BCUT2D eigenvalue weighted by molar-refractivity contribution is -0.126. The Morgan fingerprint density at radius 2 is 2.35 bits per heavy atom. The Balaban J connectivity index is 1.78. The van der Waals surface area contributed by atoms with Crippen LogP contribution in [-0.2, 0) is 11.2 Å². The molecule has 0 radical (unpaired) electrons. The highest BCUT2D eigenvalue weighted by Gasteiger charge is 2.26. The average molecular weight is 276 g/mol. The highest BCUT2D eigenvalue weighted by molar-refractivity contribution is 5.79. The quantitative estimate of drug-likeness (QED) is 0.861.